The van der Waals surface area contributed by atoms with E-state index in [0.29, 0.717) is 5.82 Å². The first-order valence-corrected chi connectivity index (χ1v) is 13.2. The molecule has 1 atom stereocenters. The van der Waals surface area contributed by atoms with E-state index in [4.69, 9.17) is 9.72 Å². The van der Waals surface area contributed by atoms with Gasteiger partial charge in [-0.25, -0.2) is 24.7 Å². The van der Waals surface area contributed by atoms with E-state index in [1.165, 1.54) is 18.3 Å². The van der Waals surface area contributed by atoms with Crippen LogP contribution in [-0.2, 0) is 22.4 Å². The van der Waals surface area contributed by atoms with Crippen LogP contribution in [-0.4, -0.2) is 75.5 Å². The average molecular weight is 503 g/mol. The molecule has 4 heterocycles. The largest absolute Gasteiger partial charge is 0.477 e. The molecule has 2 aliphatic rings. The van der Waals surface area contributed by atoms with Gasteiger partial charge >= 0.3 is 5.97 Å². The van der Waals surface area contributed by atoms with Crippen molar-refractivity contribution in [2.75, 3.05) is 38.1 Å². The lowest BCUT2D eigenvalue weighted by atomic mass is 10.1. The number of ether oxygens (including phenoxy) is 1. The molecule has 2 N–H and O–H groups in total. The first-order chi connectivity index (χ1) is 18.2. The van der Waals surface area contributed by atoms with Gasteiger partial charge in [0.2, 0.25) is 0 Å². The molecule has 1 saturated heterocycles. The molecule has 0 bridgehead atoms. The van der Waals surface area contributed by atoms with Crippen LogP contribution < -0.4 is 5.32 Å². The monoisotopic (exact) mass is 502 g/mol. The van der Waals surface area contributed by atoms with E-state index in [1.807, 2.05) is 24.3 Å². The van der Waals surface area contributed by atoms with Gasteiger partial charge in [0.05, 0.1) is 18.2 Å². The van der Waals surface area contributed by atoms with Crippen molar-refractivity contribution in [1.82, 2.24) is 19.9 Å². The van der Waals surface area contributed by atoms with Crippen molar-refractivity contribution in [2.45, 2.75) is 51.0 Å². The topological polar surface area (TPSA) is 113 Å². The number of fused-ring (bicyclic) bond motifs is 2. The van der Waals surface area contributed by atoms with Gasteiger partial charge in [-0.05, 0) is 81.8 Å². The molecule has 0 amide bonds. The number of aliphatic imine (C=N–C) groups is 1. The zero-order valence-corrected chi connectivity index (χ0v) is 21.1. The van der Waals surface area contributed by atoms with E-state index in [1.54, 1.807) is 0 Å². The first-order valence-electron chi connectivity index (χ1n) is 13.2. The molecule has 0 unspecified atom stereocenters. The highest BCUT2D eigenvalue weighted by Crippen LogP contribution is 2.22. The number of pyridine rings is 1. The number of hydrogen-bond acceptors (Lipinski definition) is 8. The summed E-state index contributed by atoms with van der Waals surface area (Å²) in [5.74, 6) is 0.319. The summed E-state index contributed by atoms with van der Waals surface area (Å²) in [6, 6.07) is 11.8. The number of likely N-dealkylation sites (tertiary alicyclic amines) is 1. The van der Waals surface area contributed by atoms with Gasteiger partial charge in [0.1, 0.15) is 12.1 Å². The molecule has 37 heavy (non-hydrogen) atoms. The fourth-order valence-electron chi connectivity index (χ4n) is 5.05. The van der Waals surface area contributed by atoms with Crippen LogP contribution in [0.2, 0.25) is 0 Å². The van der Waals surface area contributed by atoms with Crippen molar-refractivity contribution < 1.29 is 14.6 Å². The number of hydrogen-bond donors (Lipinski definition) is 2. The molecule has 0 spiro atoms. The quantitative estimate of drug-likeness (QED) is 0.315. The molecule has 2 aromatic heterocycles. The highest BCUT2D eigenvalue weighted by Gasteiger charge is 2.22. The van der Waals surface area contributed by atoms with E-state index in [0.717, 1.165) is 87.1 Å². The lowest BCUT2D eigenvalue weighted by Gasteiger charge is -2.32. The molecule has 0 radical (unpaired) electrons. The molecule has 1 aromatic carbocycles. The van der Waals surface area contributed by atoms with Crippen molar-refractivity contribution in [3.63, 3.8) is 0 Å². The van der Waals surface area contributed by atoms with Crippen LogP contribution in [0.1, 0.15) is 43.4 Å². The Kier molecular flexibility index (Phi) is 8.32. The predicted molar refractivity (Wildman–Crippen MR) is 144 cm³/mol. The lowest BCUT2D eigenvalue weighted by molar-refractivity contribution is -0.129. The highest BCUT2D eigenvalue weighted by molar-refractivity contribution is 6.37. The standard InChI is InChI=1S/C28H34N6O3/c35-28(36)25(33-27-23-10-1-2-11-24(23)30-19-31-27)18-37-22-9-6-16-34(17-22)15-4-3-8-21-13-12-20-7-5-14-29-26(20)32-21/h1-2,10-13,19,22H,3-9,14-18H2,(H,29,32)(H,35,36)/t22-/m1/s1. The Morgan fingerprint density at radius 1 is 1.16 bits per heavy atom. The third-order valence-electron chi connectivity index (χ3n) is 7.04. The number of para-hydroxylation sites is 1. The summed E-state index contributed by atoms with van der Waals surface area (Å²) < 4.78 is 6.04. The van der Waals surface area contributed by atoms with E-state index >= 15 is 0 Å². The van der Waals surface area contributed by atoms with Crippen molar-refractivity contribution in [3.05, 3.63) is 54.0 Å². The number of rotatable bonds is 10. The summed E-state index contributed by atoms with van der Waals surface area (Å²) in [4.78, 5) is 31.8. The summed E-state index contributed by atoms with van der Waals surface area (Å²) in [5.41, 5.74) is 3.16. The summed E-state index contributed by atoms with van der Waals surface area (Å²) in [7, 11) is 0. The van der Waals surface area contributed by atoms with Gasteiger partial charge in [0.25, 0.3) is 0 Å². The third-order valence-corrected chi connectivity index (χ3v) is 7.04. The van der Waals surface area contributed by atoms with Crippen LogP contribution in [0.3, 0.4) is 0 Å². The molecule has 0 aliphatic carbocycles. The van der Waals surface area contributed by atoms with Gasteiger partial charge in [0, 0.05) is 24.2 Å². The van der Waals surface area contributed by atoms with E-state index in [9.17, 15) is 9.90 Å². The Bertz CT molecular complexity index is 1260. The summed E-state index contributed by atoms with van der Waals surface area (Å²) >= 11 is 0. The lowest BCUT2D eigenvalue weighted by Crippen LogP contribution is -2.41. The number of aliphatic carboxylic acids is 1. The number of piperidine rings is 1. The van der Waals surface area contributed by atoms with Crippen LogP contribution in [0.15, 0.2) is 47.7 Å². The first kappa shape index (κ1) is 25.2. The number of anilines is 1. The Balaban J connectivity index is 1.10. The van der Waals surface area contributed by atoms with Crippen molar-refractivity contribution in [1.29, 1.82) is 0 Å². The van der Waals surface area contributed by atoms with Crippen LogP contribution in [0.4, 0.5) is 11.6 Å². The highest BCUT2D eigenvalue weighted by atomic mass is 16.5. The Labute approximate surface area is 217 Å². The van der Waals surface area contributed by atoms with Gasteiger partial charge in [0.15, 0.2) is 11.5 Å². The zero-order chi connectivity index (χ0) is 25.5. The minimum atomic E-state index is -1.10. The molecular formula is C28H34N6O3. The second-order valence-corrected chi connectivity index (χ2v) is 9.75. The number of nitrogens with one attached hydrogen (secondary N) is 1. The van der Waals surface area contributed by atoms with Crippen LogP contribution in [0.25, 0.3) is 10.9 Å². The second-order valence-electron chi connectivity index (χ2n) is 9.75. The van der Waals surface area contributed by atoms with Crippen molar-refractivity contribution in [3.8, 4) is 0 Å². The smallest absolute Gasteiger partial charge is 0.352 e. The zero-order valence-electron chi connectivity index (χ0n) is 21.1. The molecule has 2 aliphatic heterocycles. The van der Waals surface area contributed by atoms with Gasteiger partial charge in [-0.2, -0.15) is 0 Å². The van der Waals surface area contributed by atoms with Crippen LogP contribution >= 0.6 is 0 Å². The molecule has 1 fully saturated rings. The summed E-state index contributed by atoms with van der Waals surface area (Å²) in [6.07, 6.45) is 8.83. The Morgan fingerprint density at radius 3 is 3.00 bits per heavy atom. The fraction of sp³-hybridized carbons (Fsp3) is 0.464. The number of carboxylic acids is 1. The van der Waals surface area contributed by atoms with Crippen molar-refractivity contribution >= 4 is 34.2 Å². The summed E-state index contributed by atoms with van der Waals surface area (Å²) in [5, 5.41) is 13.8. The van der Waals surface area contributed by atoms with Crippen LogP contribution in [0.5, 0.6) is 0 Å². The molecule has 5 rings (SSSR count). The number of unbranched alkanes of at least 4 members (excludes halogenated alkanes) is 1. The average Bonchev–Trinajstić information content (AvgIpc) is 2.93. The minimum absolute atomic E-state index is 0.00571. The number of aryl methyl sites for hydroxylation is 2. The Morgan fingerprint density at radius 2 is 2.08 bits per heavy atom. The normalized spacial score (nSPS) is 18.4. The molecule has 194 valence electrons. The van der Waals surface area contributed by atoms with E-state index < -0.39 is 5.97 Å². The van der Waals surface area contributed by atoms with E-state index in [-0.39, 0.29) is 18.4 Å². The van der Waals surface area contributed by atoms with E-state index in [2.05, 4.69) is 37.3 Å². The minimum Gasteiger partial charge on any atom is -0.477 e. The van der Waals surface area contributed by atoms with Gasteiger partial charge < -0.3 is 20.1 Å². The van der Waals surface area contributed by atoms with Crippen LogP contribution in [0, 0.1) is 0 Å². The molecule has 0 saturated carbocycles. The third kappa shape index (κ3) is 6.67. The SMILES string of the molecule is O=C(O)C(CO[C@@H]1CCCN(CCCCc2ccc3c(n2)NCCC3)C1)=Nc1ncnc2ccccc12. The Hall–Kier alpha value is -3.43. The van der Waals surface area contributed by atoms with Crippen molar-refractivity contribution in [2.24, 2.45) is 4.99 Å². The second kappa shape index (κ2) is 12.2. The number of benzene rings is 1. The molecule has 3 aromatic rings. The van der Waals surface area contributed by atoms with Gasteiger partial charge in [-0.15, -0.1) is 0 Å². The number of aromatic nitrogens is 3. The maximum absolute atomic E-state index is 11.9. The van der Waals surface area contributed by atoms with Gasteiger partial charge in [-0.1, -0.05) is 18.2 Å². The van der Waals surface area contributed by atoms with Gasteiger partial charge in [-0.3, -0.25) is 0 Å². The maximum Gasteiger partial charge on any atom is 0.352 e. The fourth-order valence-corrected chi connectivity index (χ4v) is 5.05. The molecular weight excluding hydrogens is 468 g/mol. The predicted octanol–water partition coefficient (Wildman–Crippen LogP) is 4.04. The number of carbonyl (C=O) groups is 1. The number of carboxylic acid groups (broad SMARTS) is 1. The number of nitrogens with zero attached hydrogens (tertiary/aromatic N) is 5. The molecule has 9 nitrogen and oxygen atoms in total. The maximum atomic E-state index is 11.9. The molecule has 9 heteroatoms. The summed E-state index contributed by atoms with van der Waals surface area (Å²) in [6.45, 7) is 3.83.